The van der Waals surface area contributed by atoms with Gasteiger partial charge in [0, 0.05) is 11.3 Å². The van der Waals surface area contributed by atoms with Gasteiger partial charge in [-0.3, -0.25) is 9.78 Å². The molecule has 0 spiro atoms. The van der Waals surface area contributed by atoms with Crippen molar-refractivity contribution >= 4 is 11.6 Å². The summed E-state index contributed by atoms with van der Waals surface area (Å²) in [6.07, 6.45) is 0. The van der Waals surface area contributed by atoms with Crippen LogP contribution in [0.4, 0.5) is 5.69 Å². The number of nitrogens with one attached hydrogen (secondary N) is 1. The number of nitrogens with zero attached hydrogens (tertiary/aromatic N) is 2. The first-order valence-corrected chi connectivity index (χ1v) is 5.86. The third kappa shape index (κ3) is 2.96. The number of hydrogen-bond donors (Lipinski definition) is 1. The molecule has 0 saturated heterocycles. The lowest BCUT2D eigenvalue weighted by Gasteiger charge is -2.08. The average molecular weight is 251 g/mol. The van der Waals surface area contributed by atoms with Crippen molar-refractivity contribution in [2.45, 2.75) is 13.8 Å². The fraction of sp³-hybridized carbons (Fsp3) is 0.133. The van der Waals surface area contributed by atoms with Crippen LogP contribution in [0.5, 0.6) is 0 Å². The van der Waals surface area contributed by atoms with Gasteiger partial charge < -0.3 is 5.32 Å². The molecule has 4 nitrogen and oxygen atoms in total. The van der Waals surface area contributed by atoms with E-state index in [9.17, 15) is 4.79 Å². The number of aromatic nitrogens is 1. The highest BCUT2D eigenvalue weighted by Gasteiger charge is 2.08. The molecule has 0 unspecified atom stereocenters. The molecule has 0 fully saturated rings. The molecule has 1 heterocycles. The summed E-state index contributed by atoms with van der Waals surface area (Å²) >= 11 is 0. The first-order chi connectivity index (χ1) is 9.10. The zero-order valence-corrected chi connectivity index (χ0v) is 10.8. The largest absolute Gasteiger partial charge is 0.320 e. The van der Waals surface area contributed by atoms with Gasteiger partial charge in [0.05, 0.1) is 23.0 Å². The van der Waals surface area contributed by atoms with Crippen molar-refractivity contribution in [3.8, 4) is 6.07 Å². The highest BCUT2D eigenvalue weighted by molar-refractivity contribution is 6.04. The molecule has 1 aromatic heterocycles. The summed E-state index contributed by atoms with van der Waals surface area (Å²) in [5.74, 6) is -0.210. The van der Waals surface area contributed by atoms with Crippen LogP contribution in [0.15, 0.2) is 36.4 Å². The van der Waals surface area contributed by atoms with E-state index >= 15 is 0 Å². The Labute approximate surface area is 111 Å². The van der Waals surface area contributed by atoms with Gasteiger partial charge in [0.2, 0.25) is 0 Å². The number of rotatable bonds is 2. The van der Waals surface area contributed by atoms with Gasteiger partial charge in [-0.15, -0.1) is 0 Å². The second-order valence-electron chi connectivity index (χ2n) is 4.23. The summed E-state index contributed by atoms with van der Waals surface area (Å²) in [5, 5.41) is 11.5. The Morgan fingerprint density at radius 2 is 1.84 bits per heavy atom. The maximum absolute atomic E-state index is 12.0. The van der Waals surface area contributed by atoms with Crippen LogP contribution in [0.25, 0.3) is 0 Å². The summed E-state index contributed by atoms with van der Waals surface area (Å²) in [4.78, 5) is 16.3. The summed E-state index contributed by atoms with van der Waals surface area (Å²) in [6.45, 7) is 3.75. The first kappa shape index (κ1) is 12.8. The lowest BCUT2D eigenvalue weighted by Crippen LogP contribution is -2.13. The molecule has 0 atom stereocenters. The fourth-order valence-electron chi connectivity index (χ4n) is 1.71. The summed E-state index contributed by atoms with van der Waals surface area (Å²) in [5.41, 5.74) is 3.43. The topological polar surface area (TPSA) is 65.8 Å². The molecule has 2 aromatic rings. The highest BCUT2D eigenvalue weighted by Crippen LogP contribution is 2.14. The minimum absolute atomic E-state index is 0.210. The molecule has 1 amide bonds. The van der Waals surface area contributed by atoms with E-state index in [0.29, 0.717) is 16.8 Å². The molecule has 0 saturated carbocycles. The van der Waals surface area contributed by atoms with Crippen molar-refractivity contribution in [3.05, 3.63) is 58.9 Å². The number of aryl methyl sites for hydroxylation is 2. The van der Waals surface area contributed by atoms with Crippen LogP contribution in [-0.2, 0) is 0 Å². The van der Waals surface area contributed by atoms with E-state index in [1.807, 2.05) is 32.0 Å². The van der Waals surface area contributed by atoms with Gasteiger partial charge in [0.1, 0.15) is 0 Å². The third-order valence-electron chi connectivity index (χ3n) is 2.75. The predicted molar refractivity (Wildman–Crippen MR) is 72.8 cm³/mol. The third-order valence-corrected chi connectivity index (χ3v) is 2.75. The van der Waals surface area contributed by atoms with Gasteiger partial charge in [-0.25, -0.2) is 0 Å². The highest BCUT2D eigenvalue weighted by atomic mass is 16.1. The quantitative estimate of drug-likeness (QED) is 0.892. The predicted octanol–water partition coefficient (Wildman–Crippen LogP) is 2.82. The zero-order chi connectivity index (χ0) is 13.8. The number of hydrogen-bond acceptors (Lipinski definition) is 3. The molecule has 0 bridgehead atoms. The first-order valence-electron chi connectivity index (χ1n) is 5.86. The van der Waals surface area contributed by atoms with Crippen LogP contribution >= 0.6 is 0 Å². The Morgan fingerprint density at radius 1 is 1.16 bits per heavy atom. The number of carbonyl (C=O) groups is 1. The lowest BCUT2D eigenvalue weighted by molar-refractivity contribution is 0.102. The number of anilines is 1. The molecule has 94 valence electrons. The van der Waals surface area contributed by atoms with Gasteiger partial charge >= 0.3 is 0 Å². The Balaban J connectivity index is 2.18. The van der Waals surface area contributed by atoms with Gasteiger partial charge in [-0.1, -0.05) is 0 Å². The lowest BCUT2D eigenvalue weighted by atomic mass is 10.1. The van der Waals surface area contributed by atoms with Crippen molar-refractivity contribution in [2.24, 2.45) is 0 Å². The van der Waals surface area contributed by atoms with Crippen LogP contribution < -0.4 is 5.32 Å². The molecule has 1 N–H and O–H groups in total. The molecule has 19 heavy (non-hydrogen) atoms. The van der Waals surface area contributed by atoms with E-state index in [1.54, 1.807) is 24.3 Å². The summed E-state index contributed by atoms with van der Waals surface area (Å²) < 4.78 is 0. The smallest absolute Gasteiger partial charge is 0.255 e. The van der Waals surface area contributed by atoms with Crippen LogP contribution in [0.2, 0.25) is 0 Å². The van der Waals surface area contributed by atoms with Crippen molar-refractivity contribution < 1.29 is 4.79 Å². The van der Waals surface area contributed by atoms with E-state index in [-0.39, 0.29) is 5.91 Å². The Kier molecular flexibility index (Phi) is 3.58. The summed E-state index contributed by atoms with van der Waals surface area (Å²) in [6, 6.07) is 12.2. The van der Waals surface area contributed by atoms with Crippen LogP contribution in [0.1, 0.15) is 27.3 Å². The Bertz CT molecular complexity index is 654. The molecular weight excluding hydrogens is 238 g/mol. The SMILES string of the molecule is Cc1ccc(NC(=O)c2ccc(C#N)cc2)c(C)n1. The normalized spacial score (nSPS) is 9.74. The molecule has 0 aliphatic heterocycles. The van der Waals surface area contributed by atoms with Crippen LogP contribution in [0.3, 0.4) is 0 Å². The van der Waals surface area contributed by atoms with Crippen LogP contribution in [-0.4, -0.2) is 10.9 Å². The van der Waals surface area contributed by atoms with Crippen molar-refractivity contribution in [2.75, 3.05) is 5.32 Å². The van der Waals surface area contributed by atoms with Gasteiger partial charge in [0.25, 0.3) is 5.91 Å². The molecular formula is C15H13N3O. The maximum atomic E-state index is 12.0. The van der Waals surface area contributed by atoms with Crippen LogP contribution in [0, 0.1) is 25.2 Å². The van der Waals surface area contributed by atoms with Gasteiger partial charge in [0.15, 0.2) is 0 Å². The monoisotopic (exact) mass is 251 g/mol. The fourth-order valence-corrected chi connectivity index (χ4v) is 1.71. The molecule has 0 aliphatic carbocycles. The summed E-state index contributed by atoms with van der Waals surface area (Å²) in [7, 11) is 0. The van der Waals surface area contributed by atoms with E-state index in [2.05, 4.69) is 10.3 Å². The molecule has 1 aromatic carbocycles. The Morgan fingerprint density at radius 3 is 2.42 bits per heavy atom. The van der Waals surface area contributed by atoms with E-state index in [1.165, 1.54) is 0 Å². The van der Waals surface area contributed by atoms with Gasteiger partial charge in [-0.05, 0) is 50.2 Å². The molecule has 0 aliphatic rings. The standard InChI is InChI=1S/C15H13N3O/c1-10-3-8-14(11(2)17-10)18-15(19)13-6-4-12(9-16)5-7-13/h3-8H,1-2H3,(H,18,19). The second-order valence-corrected chi connectivity index (χ2v) is 4.23. The minimum Gasteiger partial charge on any atom is -0.320 e. The van der Waals surface area contributed by atoms with E-state index in [4.69, 9.17) is 5.26 Å². The number of amides is 1. The van der Waals surface area contributed by atoms with Gasteiger partial charge in [-0.2, -0.15) is 5.26 Å². The minimum atomic E-state index is -0.210. The van der Waals surface area contributed by atoms with Crippen molar-refractivity contribution in [1.29, 1.82) is 5.26 Å². The zero-order valence-electron chi connectivity index (χ0n) is 10.8. The molecule has 0 radical (unpaired) electrons. The average Bonchev–Trinajstić information content (AvgIpc) is 2.42. The molecule has 4 heteroatoms. The Hall–Kier alpha value is -2.67. The maximum Gasteiger partial charge on any atom is 0.255 e. The van der Waals surface area contributed by atoms with Crippen molar-refractivity contribution in [3.63, 3.8) is 0 Å². The number of benzene rings is 1. The van der Waals surface area contributed by atoms with E-state index < -0.39 is 0 Å². The number of pyridine rings is 1. The second kappa shape index (κ2) is 5.32. The van der Waals surface area contributed by atoms with E-state index in [0.717, 1.165) is 11.4 Å². The number of nitriles is 1. The molecule has 2 rings (SSSR count). The number of carbonyl (C=O) groups excluding carboxylic acids is 1. The van der Waals surface area contributed by atoms with Crippen molar-refractivity contribution in [1.82, 2.24) is 4.98 Å².